The Bertz CT molecular complexity index is 1100. The summed E-state index contributed by atoms with van der Waals surface area (Å²) in [6.45, 7) is 3.05. The largest absolute Gasteiger partial charge is 0.341 e. The Kier molecular flexibility index (Phi) is 4.39. The monoisotopic (exact) mass is 362 g/mol. The average molecular weight is 363 g/mol. The van der Waals surface area contributed by atoms with Gasteiger partial charge in [0.25, 0.3) is 5.91 Å². The van der Waals surface area contributed by atoms with Gasteiger partial charge in [-0.2, -0.15) is 0 Å². The molecular formula is C22H19ClN2O. The second-order valence-corrected chi connectivity index (χ2v) is 6.73. The standard InChI is InChI=1S/C22H19ClN2O/c1-2-25-20-9-4-3-8-18(20)19-14-17(12-13-21(19)25)24-22(26)15-6-5-7-16(23)11-10-15/h3-5,7-14H,2,6H2,1H3,(H,24,26). The molecule has 0 radical (unpaired) electrons. The Morgan fingerprint density at radius 1 is 1.12 bits per heavy atom. The first-order valence-electron chi connectivity index (χ1n) is 8.72. The maximum absolute atomic E-state index is 12.6. The number of allylic oxidation sites excluding steroid dienone is 5. The van der Waals surface area contributed by atoms with E-state index in [4.69, 9.17) is 11.6 Å². The number of aromatic nitrogens is 1. The zero-order valence-corrected chi connectivity index (χ0v) is 15.3. The maximum atomic E-state index is 12.6. The third kappa shape index (κ3) is 2.95. The van der Waals surface area contributed by atoms with Crippen molar-refractivity contribution in [1.29, 1.82) is 0 Å². The number of carbonyl (C=O) groups excluding carboxylic acids is 1. The van der Waals surface area contributed by atoms with Gasteiger partial charge in [0.2, 0.25) is 0 Å². The summed E-state index contributed by atoms with van der Waals surface area (Å²) in [5.41, 5.74) is 3.88. The molecule has 0 fully saturated rings. The number of rotatable bonds is 3. The molecule has 1 aromatic heterocycles. The Balaban J connectivity index is 1.71. The van der Waals surface area contributed by atoms with E-state index in [9.17, 15) is 4.79 Å². The smallest absolute Gasteiger partial charge is 0.251 e. The van der Waals surface area contributed by atoms with E-state index in [1.165, 1.54) is 16.4 Å². The van der Waals surface area contributed by atoms with Crippen molar-refractivity contribution in [2.24, 2.45) is 0 Å². The lowest BCUT2D eigenvalue weighted by Crippen LogP contribution is -2.13. The molecule has 1 aliphatic carbocycles. The molecule has 0 spiro atoms. The van der Waals surface area contributed by atoms with E-state index >= 15 is 0 Å². The molecular weight excluding hydrogens is 344 g/mol. The second-order valence-electron chi connectivity index (χ2n) is 6.30. The van der Waals surface area contributed by atoms with Crippen LogP contribution in [0, 0.1) is 0 Å². The maximum Gasteiger partial charge on any atom is 0.251 e. The van der Waals surface area contributed by atoms with Crippen LogP contribution in [-0.2, 0) is 11.3 Å². The van der Waals surface area contributed by atoms with E-state index in [1.807, 2.05) is 24.3 Å². The van der Waals surface area contributed by atoms with Gasteiger partial charge in [0.05, 0.1) is 0 Å². The normalized spacial score (nSPS) is 14.2. The third-order valence-electron chi connectivity index (χ3n) is 4.70. The van der Waals surface area contributed by atoms with Gasteiger partial charge in [0.15, 0.2) is 0 Å². The molecule has 1 aliphatic rings. The lowest BCUT2D eigenvalue weighted by Gasteiger charge is -2.08. The van der Waals surface area contributed by atoms with Crippen molar-refractivity contribution in [2.75, 3.05) is 5.32 Å². The number of halogens is 1. The quantitative estimate of drug-likeness (QED) is 0.631. The van der Waals surface area contributed by atoms with Crippen molar-refractivity contribution in [2.45, 2.75) is 19.9 Å². The van der Waals surface area contributed by atoms with Crippen LogP contribution in [0.1, 0.15) is 13.3 Å². The number of nitrogens with one attached hydrogen (secondary N) is 1. The molecule has 4 heteroatoms. The highest BCUT2D eigenvalue weighted by molar-refractivity contribution is 6.31. The van der Waals surface area contributed by atoms with Crippen molar-refractivity contribution in [3.05, 3.63) is 77.4 Å². The third-order valence-corrected chi connectivity index (χ3v) is 4.95. The van der Waals surface area contributed by atoms with Gasteiger partial charge in [0.1, 0.15) is 0 Å². The number of nitrogens with zero attached hydrogens (tertiary/aromatic N) is 1. The van der Waals surface area contributed by atoms with Crippen LogP contribution in [0.25, 0.3) is 21.8 Å². The highest BCUT2D eigenvalue weighted by atomic mass is 35.5. The van der Waals surface area contributed by atoms with E-state index in [-0.39, 0.29) is 5.91 Å². The predicted molar refractivity (Wildman–Crippen MR) is 110 cm³/mol. The van der Waals surface area contributed by atoms with E-state index in [0.29, 0.717) is 17.0 Å². The lowest BCUT2D eigenvalue weighted by atomic mass is 10.1. The van der Waals surface area contributed by atoms with Crippen molar-refractivity contribution < 1.29 is 4.79 Å². The molecule has 0 saturated carbocycles. The first kappa shape index (κ1) is 16.7. The van der Waals surface area contributed by atoms with Gasteiger partial charge in [-0.15, -0.1) is 0 Å². The minimum Gasteiger partial charge on any atom is -0.341 e. The van der Waals surface area contributed by atoms with Crippen LogP contribution in [0.5, 0.6) is 0 Å². The number of benzene rings is 2. The molecule has 2 aromatic carbocycles. The lowest BCUT2D eigenvalue weighted by molar-refractivity contribution is -0.112. The van der Waals surface area contributed by atoms with E-state index in [2.05, 4.69) is 47.1 Å². The summed E-state index contributed by atoms with van der Waals surface area (Å²) in [5.74, 6) is -0.101. The molecule has 3 aromatic rings. The Hall–Kier alpha value is -2.78. The average Bonchev–Trinajstić information content (AvgIpc) is 2.79. The molecule has 1 N–H and O–H groups in total. The zero-order chi connectivity index (χ0) is 18.1. The zero-order valence-electron chi connectivity index (χ0n) is 14.5. The second kappa shape index (κ2) is 6.85. The topological polar surface area (TPSA) is 34.0 Å². The molecule has 1 amide bonds. The number of aryl methyl sites for hydroxylation is 1. The summed E-state index contributed by atoms with van der Waals surface area (Å²) in [4.78, 5) is 12.6. The summed E-state index contributed by atoms with van der Waals surface area (Å²) < 4.78 is 2.29. The van der Waals surface area contributed by atoms with Crippen LogP contribution in [0.4, 0.5) is 5.69 Å². The highest BCUT2D eigenvalue weighted by Gasteiger charge is 2.13. The summed E-state index contributed by atoms with van der Waals surface area (Å²) in [6, 6.07) is 14.5. The van der Waals surface area contributed by atoms with Crippen molar-refractivity contribution in [1.82, 2.24) is 4.57 Å². The molecule has 130 valence electrons. The minimum atomic E-state index is -0.101. The first-order valence-corrected chi connectivity index (χ1v) is 9.10. The summed E-state index contributed by atoms with van der Waals surface area (Å²) in [6.07, 6.45) is 7.80. The molecule has 0 atom stereocenters. The van der Waals surface area contributed by atoms with Gasteiger partial charge in [-0.3, -0.25) is 4.79 Å². The summed E-state index contributed by atoms with van der Waals surface area (Å²) in [7, 11) is 0. The molecule has 0 unspecified atom stereocenters. The van der Waals surface area contributed by atoms with E-state index < -0.39 is 0 Å². The molecule has 0 bridgehead atoms. The first-order chi connectivity index (χ1) is 12.7. The number of hydrogen-bond donors (Lipinski definition) is 1. The van der Waals surface area contributed by atoms with Gasteiger partial charge in [0, 0.05) is 44.6 Å². The number of anilines is 1. The van der Waals surface area contributed by atoms with Gasteiger partial charge in [-0.25, -0.2) is 0 Å². The molecule has 0 saturated heterocycles. The Morgan fingerprint density at radius 2 is 1.92 bits per heavy atom. The number of para-hydroxylation sites is 1. The molecule has 4 rings (SSSR count). The van der Waals surface area contributed by atoms with Crippen molar-refractivity contribution in [3.8, 4) is 0 Å². The van der Waals surface area contributed by atoms with Gasteiger partial charge >= 0.3 is 0 Å². The van der Waals surface area contributed by atoms with Crippen LogP contribution in [-0.4, -0.2) is 10.5 Å². The molecule has 26 heavy (non-hydrogen) atoms. The Labute approximate surface area is 157 Å². The fourth-order valence-corrected chi connectivity index (χ4v) is 3.61. The van der Waals surface area contributed by atoms with Crippen molar-refractivity contribution in [3.63, 3.8) is 0 Å². The fraction of sp³-hybridized carbons (Fsp3) is 0.136. The van der Waals surface area contributed by atoms with Gasteiger partial charge in [-0.1, -0.05) is 42.0 Å². The Morgan fingerprint density at radius 3 is 2.77 bits per heavy atom. The number of carbonyl (C=O) groups is 1. The number of amides is 1. The highest BCUT2D eigenvalue weighted by Crippen LogP contribution is 2.31. The summed E-state index contributed by atoms with van der Waals surface area (Å²) >= 11 is 5.98. The van der Waals surface area contributed by atoms with E-state index in [0.717, 1.165) is 17.6 Å². The van der Waals surface area contributed by atoms with Crippen molar-refractivity contribution >= 4 is 45.0 Å². The van der Waals surface area contributed by atoms with Gasteiger partial charge < -0.3 is 9.88 Å². The van der Waals surface area contributed by atoms with Crippen LogP contribution in [0.2, 0.25) is 0 Å². The molecule has 1 heterocycles. The van der Waals surface area contributed by atoms with Crippen LogP contribution in [0.15, 0.2) is 77.4 Å². The number of hydrogen-bond acceptors (Lipinski definition) is 1. The van der Waals surface area contributed by atoms with Crippen LogP contribution >= 0.6 is 11.6 Å². The fourth-order valence-electron chi connectivity index (χ4n) is 3.45. The van der Waals surface area contributed by atoms with Crippen LogP contribution in [0.3, 0.4) is 0 Å². The summed E-state index contributed by atoms with van der Waals surface area (Å²) in [5, 5.41) is 5.99. The van der Waals surface area contributed by atoms with E-state index in [1.54, 1.807) is 12.2 Å². The minimum absolute atomic E-state index is 0.101. The number of fused-ring (bicyclic) bond motifs is 3. The predicted octanol–water partition coefficient (Wildman–Crippen LogP) is 5.76. The molecule has 3 nitrogen and oxygen atoms in total. The van der Waals surface area contributed by atoms with Gasteiger partial charge in [-0.05, 0) is 49.8 Å². The van der Waals surface area contributed by atoms with Crippen LogP contribution < -0.4 is 5.32 Å². The SMILES string of the molecule is CCn1c2ccccc2c2cc(NC(=O)C3=CC=C(Cl)C=CC3)ccc21. The molecule has 0 aliphatic heterocycles.